The first-order valence-electron chi connectivity index (χ1n) is 8.15. The van der Waals surface area contributed by atoms with E-state index in [1.807, 2.05) is 36.4 Å². The molecule has 4 heteroatoms. The molecule has 0 aliphatic carbocycles. The zero-order valence-corrected chi connectivity index (χ0v) is 13.2. The summed E-state index contributed by atoms with van der Waals surface area (Å²) in [7, 11) is 0. The molecule has 0 bridgehead atoms. The molecule has 0 amide bonds. The largest absolute Gasteiger partial charge is 0.508 e. The predicted molar refractivity (Wildman–Crippen MR) is 92.6 cm³/mol. The number of furan rings is 1. The van der Waals surface area contributed by atoms with E-state index in [2.05, 4.69) is 11.4 Å². The van der Waals surface area contributed by atoms with Gasteiger partial charge in [-0.15, -0.1) is 0 Å². The monoisotopic (exact) mass is 321 g/mol. The van der Waals surface area contributed by atoms with Gasteiger partial charge in [0.15, 0.2) is 0 Å². The van der Waals surface area contributed by atoms with E-state index in [1.165, 1.54) is 5.56 Å². The molecular weight excluding hydrogens is 302 g/mol. The molecule has 1 atom stereocenters. The lowest BCUT2D eigenvalue weighted by Crippen LogP contribution is -2.08. The van der Waals surface area contributed by atoms with Crippen LogP contribution < -0.4 is 10.1 Å². The zero-order valence-electron chi connectivity index (χ0n) is 13.2. The summed E-state index contributed by atoms with van der Waals surface area (Å²) in [4.78, 5) is 0. The number of ether oxygens (including phenoxy) is 1. The Balaban J connectivity index is 1.65. The second-order valence-corrected chi connectivity index (χ2v) is 6.00. The maximum absolute atomic E-state index is 9.46. The number of aromatic hydroxyl groups is 1. The minimum atomic E-state index is 0.240. The van der Waals surface area contributed by atoms with E-state index in [1.54, 1.807) is 18.4 Å². The van der Waals surface area contributed by atoms with Crippen LogP contribution in [0.15, 0.2) is 65.3 Å². The van der Waals surface area contributed by atoms with E-state index in [9.17, 15) is 5.11 Å². The lowest BCUT2D eigenvalue weighted by molar-refractivity contribution is 0.344. The maximum Gasteiger partial charge on any atom is 0.297 e. The van der Waals surface area contributed by atoms with Crippen LogP contribution in [0.25, 0.3) is 11.1 Å². The average molecular weight is 321 g/mol. The summed E-state index contributed by atoms with van der Waals surface area (Å²) in [5, 5.41) is 12.9. The van der Waals surface area contributed by atoms with Crippen LogP contribution in [0.2, 0.25) is 0 Å². The molecular formula is C20H19NO3. The van der Waals surface area contributed by atoms with E-state index in [0.29, 0.717) is 11.9 Å². The highest BCUT2D eigenvalue weighted by Crippen LogP contribution is 2.38. The quantitative estimate of drug-likeness (QED) is 0.742. The highest BCUT2D eigenvalue weighted by Gasteiger charge is 2.21. The molecule has 2 aromatic carbocycles. The molecule has 2 N–H and O–H groups in total. The van der Waals surface area contributed by atoms with Crippen molar-refractivity contribution in [1.82, 2.24) is 5.32 Å². The van der Waals surface area contributed by atoms with Crippen molar-refractivity contribution in [3.8, 4) is 28.6 Å². The Morgan fingerprint density at radius 2 is 1.88 bits per heavy atom. The van der Waals surface area contributed by atoms with Gasteiger partial charge in [0.1, 0.15) is 11.5 Å². The van der Waals surface area contributed by atoms with E-state index in [0.717, 1.165) is 36.4 Å². The van der Waals surface area contributed by atoms with Gasteiger partial charge in [-0.3, -0.25) is 0 Å². The van der Waals surface area contributed by atoms with Crippen LogP contribution in [0.1, 0.15) is 17.9 Å². The van der Waals surface area contributed by atoms with E-state index < -0.39 is 0 Å². The minimum Gasteiger partial charge on any atom is -0.508 e. The Morgan fingerprint density at radius 1 is 1.04 bits per heavy atom. The SMILES string of the molecule is Oc1ccc(-c2ccoc2Oc2ccccc2C2CCNC2)cc1. The minimum absolute atomic E-state index is 0.240. The average Bonchev–Trinajstić information content (AvgIpc) is 3.28. The van der Waals surface area contributed by atoms with Crippen molar-refractivity contribution in [1.29, 1.82) is 0 Å². The van der Waals surface area contributed by atoms with Gasteiger partial charge >= 0.3 is 0 Å². The highest BCUT2D eigenvalue weighted by atomic mass is 16.6. The van der Waals surface area contributed by atoms with Gasteiger partial charge in [0.05, 0.1) is 11.8 Å². The molecule has 4 rings (SSSR count). The van der Waals surface area contributed by atoms with Gasteiger partial charge in [0.25, 0.3) is 5.95 Å². The van der Waals surface area contributed by atoms with Gasteiger partial charge in [-0.25, -0.2) is 0 Å². The lowest BCUT2D eigenvalue weighted by atomic mass is 9.97. The number of benzene rings is 2. The summed E-state index contributed by atoms with van der Waals surface area (Å²) in [6.45, 7) is 2.02. The fourth-order valence-electron chi connectivity index (χ4n) is 3.16. The first-order chi connectivity index (χ1) is 11.8. The summed E-state index contributed by atoms with van der Waals surface area (Å²) in [5.41, 5.74) is 3.02. The second kappa shape index (κ2) is 6.42. The van der Waals surface area contributed by atoms with Crippen LogP contribution in [-0.2, 0) is 0 Å². The molecule has 0 radical (unpaired) electrons. The van der Waals surface area contributed by atoms with Gasteiger partial charge in [0, 0.05) is 12.5 Å². The van der Waals surface area contributed by atoms with Crippen LogP contribution in [-0.4, -0.2) is 18.2 Å². The van der Waals surface area contributed by atoms with Crippen molar-refractivity contribution in [2.24, 2.45) is 0 Å². The van der Waals surface area contributed by atoms with Crippen molar-refractivity contribution < 1.29 is 14.3 Å². The van der Waals surface area contributed by atoms with Crippen LogP contribution in [0.3, 0.4) is 0 Å². The van der Waals surface area contributed by atoms with Gasteiger partial charge in [-0.1, -0.05) is 30.3 Å². The van der Waals surface area contributed by atoms with Crippen molar-refractivity contribution >= 4 is 0 Å². The fourth-order valence-corrected chi connectivity index (χ4v) is 3.16. The summed E-state index contributed by atoms with van der Waals surface area (Å²) in [5.74, 6) is 2.01. The molecule has 3 aromatic rings. The third-order valence-corrected chi connectivity index (χ3v) is 4.43. The van der Waals surface area contributed by atoms with Gasteiger partial charge in [-0.05, 0) is 48.4 Å². The lowest BCUT2D eigenvalue weighted by Gasteiger charge is -2.14. The second-order valence-electron chi connectivity index (χ2n) is 6.00. The Bertz CT molecular complexity index is 817. The van der Waals surface area contributed by atoms with Gasteiger partial charge < -0.3 is 19.6 Å². The number of nitrogens with one attached hydrogen (secondary N) is 1. The summed E-state index contributed by atoms with van der Waals surface area (Å²) in [6.07, 6.45) is 2.74. The van der Waals surface area contributed by atoms with Crippen LogP contribution in [0.5, 0.6) is 17.4 Å². The first kappa shape index (κ1) is 14.8. The van der Waals surface area contributed by atoms with Gasteiger partial charge in [0.2, 0.25) is 0 Å². The Hall–Kier alpha value is -2.72. The molecule has 24 heavy (non-hydrogen) atoms. The summed E-state index contributed by atoms with van der Waals surface area (Å²) >= 11 is 0. The molecule has 1 aliphatic rings. The summed E-state index contributed by atoms with van der Waals surface area (Å²) in [6, 6.07) is 17.0. The number of rotatable bonds is 4. The van der Waals surface area contributed by atoms with Gasteiger partial charge in [-0.2, -0.15) is 0 Å². The number of hydrogen-bond acceptors (Lipinski definition) is 4. The van der Waals surface area contributed by atoms with Crippen LogP contribution in [0.4, 0.5) is 0 Å². The van der Waals surface area contributed by atoms with Crippen molar-refractivity contribution in [3.05, 3.63) is 66.4 Å². The molecule has 1 unspecified atom stereocenters. The van der Waals surface area contributed by atoms with Crippen molar-refractivity contribution in [2.45, 2.75) is 12.3 Å². The number of phenolic OH excluding ortho intramolecular Hbond substituents is 1. The predicted octanol–water partition coefficient (Wildman–Crippen LogP) is 4.52. The summed E-state index contributed by atoms with van der Waals surface area (Å²) < 4.78 is 11.7. The smallest absolute Gasteiger partial charge is 0.297 e. The number of para-hydroxylation sites is 1. The van der Waals surface area contributed by atoms with Crippen LogP contribution in [0, 0.1) is 0 Å². The first-order valence-corrected chi connectivity index (χ1v) is 8.15. The third-order valence-electron chi connectivity index (χ3n) is 4.43. The molecule has 4 nitrogen and oxygen atoms in total. The zero-order chi connectivity index (χ0) is 16.4. The van der Waals surface area contributed by atoms with Crippen LogP contribution >= 0.6 is 0 Å². The Morgan fingerprint density at radius 3 is 2.67 bits per heavy atom. The standard InChI is InChI=1S/C20H19NO3/c22-16-7-5-14(6-8-16)18-10-12-23-20(18)24-19-4-2-1-3-17(19)15-9-11-21-13-15/h1-8,10,12,15,21-22H,9,11,13H2. The molecule has 1 aromatic heterocycles. The fraction of sp³-hybridized carbons (Fsp3) is 0.200. The molecule has 1 saturated heterocycles. The highest BCUT2D eigenvalue weighted by molar-refractivity contribution is 5.69. The van der Waals surface area contributed by atoms with Crippen molar-refractivity contribution in [3.63, 3.8) is 0 Å². The molecule has 122 valence electrons. The normalized spacial score (nSPS) is 17.1. The molecule has 1 aliphatic heterocycles. The van der Waals surface area contributed by atoms with E-state index in [-0.39, 0.29) is 5.75 Å². The molecule has 0 spiro atoms. The number of phenols is 1. The third kappa shape index (κ3) is 2.88. The number of hydrogen-bond donors (Lipinski definition) is 2. The Labute approximate surface area is 140 Å². The van der Waals surface area contributed by atoms with E-state index >= 15 is 0 Å². The van der Waals surface area contributed by atoms with Crippen molar-refractivity contribution in [2.75, 3.05) is 13.1 Å². The van der Waals surface area contributed by atoms with E-state index in [4.69, 9.17) is 9.15 Å². The topological polar surface area (TPSA) is 54.6 Å². The maximum atomic E-state index is 9.46. The Kier molecular flexibility index (Phi) is 3.97. The molecule has 1 fully saturated rings. The molecule has 2 heterocycles. The molecule has 0 saturated carbocycles.